The molecule has 0 aromatic heterocycles. The van der Waals surface area contributed by atoms with E-state index in [1.807, 2.05) is 12.1 Å². The standard InChI is InChI=1S/C17H28FN3/c1-5-19-14(4)15-6-7-17(16(18)12-15)21-10-8-20(9-11-21)13(2)3/h6-7,12-14,19H,5,8-11H2,1-4H3. The maximum Gasteiger partial charge on any atom is 0.146 e. The Hall–Kier alpha value is -1.13. The van der Waals surface area contributed by atoms with Crippen LogP contribution < -0.4 is 10.2 Å². The third kappa shape index (κ3) is 3.95. The summed E-state index contributed by atoms with van der Waals surface area (Å²) in [5.41, 5.74) is 1.75. The van der Waals surface area contributed by atoms with E-state index in [9.17, 15) is 4.39 Å². The molecule has 4 heteroatoms. The highest BCUT2D eigenvalue weighted by Crippen LogP contribution is 2.24. The van der Waals surface area contributed by atoms with Gasteiger partial charge in [0.1, 0.15) is 5.82 Å². The summed E-state index contributed by atoms with van der Waals surface area (Å²) in [6.07, 6.45) is 0. The van der Waals surface area contributed by atoms with Crippen LogP contribution in [-0.2, 0) is 0 Å². The second-order valence-corrected chi connectivity index (χ2v) is 6.11. The Kier molecular flexibility index (Phi) is 5.59. The number of halogens is 1. The molecule has 0 amide bonds. The van der Waals surface area contributed by atoms with Gasteiger partial charge in [0.15, 0.2) is 0 Å². The van der Waals surface area contributed by atoms with Crippen LogP contribution >= 0.6 is 0 Å². The lowest BCUT2D eigenvalue weighted by molar-refractivity contribution is 0.209. The lowest BCUT2D eigenvalue weighted by Crippen LogP contribution is -2.49. The van der Waals surface area contributed by atoms with Gasteiger partial charge >= 0.3 is 0 Å². The van der Waals surface area contributed by atoms with Crippen LogP contribution in [0.2, 0.25) is 0 Å². The van der Waals surface area contributed by atoms with Gasteiger partial charge in [0, 0.05) is 38.3 Å². The van der Waals surface area contributed by atoms with Crippen molar-refractivity contribution in [2.24, 2.45) is 0 Å². The first-order valence-corrected chi connectivity index (χ1v) is 8.04. The summed E-state index contributed by atoms with van der Waals surface area (Å²) in [6.45, 7) is 13.3. The van der Waals surface area contributed by atoms with E-state index in [1.165, 1.54) is 0 Å². The van der Waals surface area contributed by atoms with Crippen molar-refractivity contribution in [2.75, 3.05) is 37.6 Å². The van der Waals surface area contributed by atoms with Crippen LogP contribution in [-0.4, -0.2) is 43.7 Å². The van der Waals surface area contributed by atoms with Gasteiger partial charge in [-0.25, -0.2) is 4.39 Å². The Morgan fingerprint density at radius 2 is 1.81 bits per heavy atom. The third-order valence-corrected chi connectivity index (χ3v) is 4.37. The number of benzene rings is 1. The maximum atomic E-state index is 14.4. The molecule has 1 aromatic rings. The van der Waals surface area contributed by atoms with Crippen LogP contribution in [0.25, 0.3) is 0 Å². The number of rotatable bonds is 5. The first-order valence-electron chi connectivity index (χ1n) is 8.04. The molecule has 1 fully saturated rings. The van der Waals surface area contributed by atoms with Gasteiger partial charge < -0.3 is 10.2 Å². The number of anilines is 1. The summed E-state index contributed by atoms with van der Waals surface area (Å²) in [7, 11) is 0. The van der Waals surface area contributed by atoms with E-state index in [2.05, 4.69) is 42.8 Å². The smallest absolute Gasteiger partial charge is 0.146 e. The molecule has 3 nitrogen and oxygen atoms in total. The Morgan fingerprint density at radius 3 is 2.33 bits per heavy atom. The fourth-order valence-electron chi connectivity index (χ4n) is 2.95. The van der Waals surface area contributed by atoms with Crippen molar-refractivity contribution in [3.05, 3.63) is 29.6 Å². The van der Waals surface area contributed by atoms with E-state index in [1.54, 1.807) is 6.07 Å². The molecule has 1 saturated heterocycles. The van der Waals surface area contributed by atoms with Gasteiger partial charge in [-0.3, -0.25) is 4.90 Å². The van der Waals surface area contributed by atoms with Gasteiger partial charge in [0.2, 0.25) is 0 Å². The highest BCUT2D eigenvalue weighted by atomic mass is 19.1. The number of hydrogen-bond acceptors (Lipinski definition) is 3. The monoisotopic (exact) mass is 293 g/mol. The Bertz CT molecular complexity index is 453. The molecule has 0 radical (unpaired) electrons. The molecule has 2 rings (SSSR count). The fraction of sp³-hybridized carbons (Fsp3) is 0.647. The topological polar surface area (TPSA) is 18.5 Å². The average Bonchev–Trinajstić information content (AvgIpc) is 2.47. The summed E-state index contributed by atoms with van der Waals surface area (Å²) < 4.78 is 14.4. The predicted molar refractivity (Wildman–Crippen MR) is 87.4 cm³/mol. The van der Waals surface area contributed by atoms with Crippen molar-refractivity contribution in [3.8, 4) is 0 Å². The van der Waals surface area contributed by atoms with E-state index in [-0.39, 0.29) is 11.9 Å². The van der Waals surface area contributed by atoms with Gasteiger partial charge in [-0.15, -0.1) is 0 Å². The Morgan fingerprint density at radius 1 is 1.14 bits per heavy atom. The van der Waals surface area contributed by atoms with Crippen molar-refractivity contribution in [1.82, 2.24) is 10.2 Å². The maximum absolute atomic E-state index is 14.4. The summed E-state index contributed by atoms with van der Waals surface area (Å²) >= 11 is 0. The molecule has 1 heterocycles. The van der Waals surface area contributed by atoms with Crippen LogP contribution in [0.1, 0.15) is 39.3 Å². The fourth-order valence-corrected chi connectivity index (χ4v) is 2.95. The summed E-state index contributed by atoms with van der Waals surface area (Å²) in [4.78, 5) is 4.60. The molecule has 1 aromatic carbocycles. The van der Waals surface area contributed by atoms with Gasteiger partial charge in [0.05, 0.1) is 5.69 Å². The molecule has 0 aliphatic carbocycles. The molecule has 0 saturated carbocycles. The first-order chi connectivity index (χ1) is 10.0. The average molecular weight is 293 g/mol. The van der Waals surface area contributed by atoms with Gasteiger partial charge in [-0.1, -0.05) is 13.0 Å². The van der Waals surface area contributed by atoms with E-state index in [0.717, 1.165) is 44.0 Å². The van der Waals surface area contributed by atoms with E-state index < -0.39 is 0 Å². The van der Waals surface area contributed by atoms with Crippen molar-refractivity contribution in [3.63, 3.8) is 0 Å². The SMILES string of the molecule is CCNC(C)c1ccc(N2CCN(C(C)C)CC2)c(F)c1. The highest BCUT2D eigenvalue weighted by molar-refractivity contribution is 5.50. The summed E-state index contributed by atoms with van der Waals surface area (Å²) in [6, 6.07) is 6.42. The molecular weight excluding hydrogens is 265 g/mol. The van der Waals surface area contributed by atoms with Crippen molar-refractivity contribution < 1.29 is 4.39 Å². The molecule has 0 bridgehead atoms. The summed E-state index contributed by atoms with van der Waals surface area (Å²) in [5.74, 6) is -0.102. The van der Waals surface area contributed by atoms with Crippen LogP contribution in [0.4, 0.5) is 10.1 Å². The van der Waals surface area contributed by atoms with Crippen LogP contribution in [0, 0.1) is 5.82 Å². The number of nitrogens with zero attached hydrogens (tertiary/aromatic N) is 2. The van der Waals surface area contributed by atoms with E-state index >= 15 is 0 Å². The molecule has 1 aliphatic rings. The van der Waals surface area contributed by atoms with Gasteiger partial charge in [0.25, 0.3) is 0 Å². The minimum Gasteiger partial charge on any atom is -0.367 e. The third-order valence-electron chi connectivity index (χ3n) is 4.37. The van der Waals surface area contributed by atoms with Crippen molar-refractivity contribution >= 4 is 5.69 Å². The van der Waals surface area contributed by atoms with Crippen molar-refractivity contribution in [1.29, 1.82) is 0 Å². The molecule has 118 valence electrons. The van der Waals surface area contributed by atoms with E-state index in [4.69, 9.17) is 0 Å². The Balaban J connectivity index is 2.05. The van der Waals surface area contributed by atoms with Gasteiger partial charge in [-0.2, -0.15) is 0 Å². The molecule has 0 spiro atoms. The molecular formula is C17H28FN3. The lowest BCUT2D eigenvalue weighted by Gasteiger charge is -2.38. The largest absolute Gasteiger partial charge is 0.367 e. The first kappa shape index (κ1) is 16.2. The normalized spacial score (nSPS) is 18.3. The molecule has 1 atom stereocenters. The minimum atomic E-state index is -0.102. The number of piperazine rings is 1. The second-order valence-electron chi connectivity index (χ2n) is 6.11. The molecule has 21 heavy (non-hydrogen) atoms. The zero-order chi connectivity index (χ0) is 15.4. The van der Waals surface area contributed by atoms with Crippen molar-refractivity contribution in [2.45, 2.75) is 39.8 Å². The second kappa shape index (κ2) is 7.23. The summed E-state index contributed by atoms with van der Waals surface area (Å²) in [5, 5.41) is 3.32. The Labute approximate surface area is 128 Å². The number of hydrogen-bond donors (Lipinski definition) is 1. The molecule has 1 aliphatic heterocycles. The minimum absolute atomic E-state index is 0.102. The zero-order valence-electron chi connectivity index (χ0n) is 13.7. The highest BCUT2D eigenvalue weighted by Gasteiger charge is 2.21. The van der Waals surface area contributed by atoms with Gasteiger partial charge in [-0.05, 0) is 45.0 Å². The quantitative estimate of drug-likeness (QED) is 0.900. The van der Waals surface area contributed by atoms with Crippen LogP contribution in [0.3, 0.4) is 0 Å². The zero-order valence-corrected chi connectivity index (χ0v) is 13.7. The number of nitrogens with one attached hydrogen (secondary N) is 1. The van der Waals surface area contributed by atoms with Crippen LogP contribution in [0.5, 0.6) is 0 Å². The predicted octanol–water partition coefficient (Wildman–Crippen LogP) is 3.03. The van der Waals surface area contributed by atoms with Crippen LogP contribution in [0.15, 0.2) is 18.2 Å². The molecule has 1 N–H and O–H groups in total. The molecule has 1 unspecified atom stereocenters. The lowest BCUT2D eigenvalue weighted by atomic mass is 10.1. The van der Waals surface area contributed by atoms with E-state index in [0.29, 0.717) is 6.04 Å².